The molecule has 0 heterocycles. The predicted octanol–water partition coefficient (Wildman–Crippen LogP) is 4.03. The second-order valence-corrected chi connectivity index (χ2v) is 5.52. The first-order valence-electron chi connectivity index (χ1n) is 6.56. The Balaban J connectivity index is 1.82. The van der Waals surface area contributed by atoms with E-state index in [0.717, 1.165) is 5.56 Å². The van der Waals surface area contributed by atoms with Gasteiger partial charge in [0.2, 0.25) is 5.91 Å². The van der Waals surface area contributed by atoms with Gasteiger partial charge in [-0.15, -0.1) is 0 Å². The van der Waals surface area contributed by atoms with E-state index in [2.05, 4.69) is 10.6 Å². The minimum atomic E-state index is -0.161. The number of benzene rings is 2. The van der Waals surface area contributed by atoms with Crippen LogP contribution in [0.3, 0.4) is 0 Å². The standard InChI is InChI=1S/C16H16Cl2N2O/c1-11-5-7-12(8-6-11)9-19-10-15(21)20-14-4-2-3-13(17)16(14)18/h2-8,19H,9-10H2,1H3,(H,20,21). The molecule has 5 heteroatoms. The van der Waals surface area contributed by atoms with Crippen molar-refractivity contribution in [1.82, 2.24) is 5.32 Å². The van der Waals surface area contributed by atoms with E-state index in [1.807, 2.05) is 31.2 Å². The van der Waals surface area contributed by atoms with Crippen LogP contribution in [0.15, 0.2) is 42.5 Å². The lowest BCUT2D eigenvalue weighted by molar-refractivity contribution is -0.115. The summed E-state index contributed by atoms with van der Waals surface area (Å²) in [6.45, 7) is 2.88. The molecule has 2 rings (SSSR count). The van der Waals surface area contributed by atoms with Gasteiger partial charge < -0.3 is 10.6 Å². The van der Waals surface area contributed by atoms with Crippen molar-refractivity contribution in [3.05, 3.63) is 63.6 Å². The smallest absolute Gasteiger partial charge is 0.238 e. The van der Waals surface area contributed by atoms with E-state index >= 15 is 0 Å². The van der Waals surface area contributed by atoms with Gasteiger partial charge >= 0.3 is 0 Å². The molecule has 110 valence electrons. The Kier molecular flexibility index (Phi) is 5.62. The number of hydrogen-bond acceptors (Lipinski definition) is 2. The average Bonchev–Trinajstić information content (AvgIpc) is 2.46. The molecule has 2 aromatic rings. The van der Waals surface area contributed by atoms with E-state index in [4.69, 9.17) is 23.2 Å². The van der Waals surface area contributed by atoms with E-state index in [-0.39, 0.29) is 12.5 Å². The van der Waals surface area contributed by atoms with Crippen molar-refractivity contribution in [2.45, 2.75) is 13.5 Å². The Bertz CT molecular complexity index is 627. The topological polar surface area (TPSA) is 41.1 Å². The third kappa shape index (κ3) is 4.74. The van der Waals surface area contributed by atoms with Crippen molar-refractivity contribution in [3.63, 3.8) is 0 Å². The van der Waals surface area contributed by atoms with Crippen LogP contribution in [0.25, 0.3) is 0 Å². The Morgan fingerprint density at radius 2 is 1.81 bits per heavy atom. The fourth-order valence-corrected chi connectivity index (χ4v) is 2.17. The van der Waals surface area contributed by atoms with Gasteiger partial charge in [0.25, 0.3) is 0 Å². The zero-order valence-corrected chi connectivity index (χ0v) is 13.1. The summed E-state index contributed by atoms with van der Waals surface area (Å²) in [6, 6.07) is 13.3. The molecule has 0 aliphatic carbocycles. The number of rotatable bonds is 5. The van der Waals surface area contributed by atoms with Gasteiger partial charge in [-0.3, -0.25) is 4.79 Å². The highest BCUT2D eigenvalue weighted by Gasteiger charge is 2.07. The molecule has 21 heavy (non-hydrogen) atoms. The van der Waals surface area contributed by atoms with Crippen molar-refractivity contribution in [3.8, 4) is 0 Å². The minimum Gasteiger partial charge on any atom is -0.324 e. The maximum Gasteiger partial charge on any atom is 0.238 e. The van der Waals surface area contributed by atoms with Crippen LogP contribution in [0.5, 0.6) is 0 Å². The molecule has 0 unspecified atom stereocenters. The predicted molar refractivity (Wildman–Crippen MR) is 88.0 cm³/mol. The van der Waals surface area contributed by atoms with E-state index in [1.165, 1.54) is 5.56 Å². The summed E-state index contributed by atoms with van der Waals surface area (Å²) in [5, 5.41) is 6.59. The molecule has 0 spiro atoms. The van der Waals surface area contributed by atoms with Gasteiger partial charge in [0, 0.05) is 6.54 Å². The Hall–Kier alpha value is -1.55. The molecule has 0 aliphatic heterocycles. The van der Waals surface area contributed by atoms with Gasteiger partial charge in [0.15, 0.2) is 0 Å². The normalized spacial score (nSPS) is 10.4. The van der Waals surface area contributed by atoms with Crippen molar-refractivity contribution < 1.29 is 4.79 Å². The van der Waals surface area contributed by atoms with Gasteiger partial charge in [0.1, 0.15) is 0 Å². The molecule has 2 N–H and O–H groups in total. The van der Waals surface area contributed by atoms with Crippen LogP contribution in [0.1, 0.15) is 11.1 Å². The van der Waals surface area contributed by atoms with Crippen LogP contribution in [-0.2, 0) is 11.3 Å². The molecular formula is C16H16Cl2N2O. The van der Waals surface area contributed by atoms with Crippen LogP contribution in [0.4, 0.5) is 5.69 Å². The molecule has 0 aromatic heterocycles. The van der Waals surface area contributed by atoms with E-state index in [9.17, 15) is 4.79 Å². The molecular weight excluding hydrogens is 307 g/mol. The Morgan fingerprint density at radius 1 is 1.10 bits per heavy atom. The van der Waals surface area contributed by atoms with Gasteiger partial charge in [-0.1, -0.05) is 59.1 Å². The first-order chi connectivity index (χ1) is 10.1. The van der Waals surface area contributed by atoms with Gasteiger partial charge in [-0.2, -0.15) is 0 Å². The Morgan fingerprint density at radius 3 is 2.52 bits per heavy atom. The van der Waals surface area contributed by atoms with E-state index < -0.39 is 0 Å². The van der Waals surface area contributed by atoms with E-state index in [1.54, 1.807) is 18.2 Å². The average molecular weight is 323 g/mol. The summed E-state index contributed by atoms with van der Waals surface area (Å²) in [6.07, 6.45) is 0. The number of hydrogen-bond donors (Lipinski definition) is 2. The quantitative estimate of drug-likeness (QED) is 0.872. The summed E-state index contributed by atoms with van der Waals surface area (Å²) in [5.74, 6) is -0.161. The number of anilines is 1. The summed E-state index contributed by atoms with van der Waals surface area (Å²) < 4.78 is 0. The molecule has 0 atom stereocenters. The number of carbonyl (C=O) groups excluding carboxylic acids is 1. The van der Waals surface area contributed by atoms with Crippen LogP contribution in [0, 0.1) is 6.92 Å². The third-order valence-electron chi connectivity index (χ3n) is 2.96. The van der Waals surface area contributed by atoms with Gasteiger partial charge in [0.05, 0.1) is 22.3 Å². The van der Waals surface area contributed by atoms with Crippen molar-refractivity contribution >= 4 is 34.8 Å². The second-order valence-electron chi connectivity index (χ2n) is 4.74. The third-order valence-corrected chi connectivity index (χ3v) is 3.78. The second kappa shape index (κ2) is 7.46. The summed E-state index contributed by atoms with van der Waals surface area (Å²) in [4.78, 5) is 11.8. The first kappa shape index (κ1) is 15.8. The SMILES string of the molecule is Cc1ccc(CNCC(=O)Nc2cccc(Cl)c2Cl)cc1. The molecule has 0 saturated heterocycles. The molecule has 3 nitrogen and oxygen atoms in total. The number of aryl methyl sites for hydroxylation is 1. The van der Waals surface area contributed by atoms with Gasteiger partial charge in [-0.25, -0.2) is 0 Å². The van der Waals surface area contributed by atoms with Gasteiger partial charge in [-0.05, 0) is 24.6 Å². The van der Waals surface area contributed by atoms with Crippen LogP contribution < -0.4 is 10.6 Å². The largest absolute Gasteiger partial charge is 0.324 e. The summed E-state index contributed by atoms with van der Waals surface area (Å²) >= 11 is 11.9. The monoisotopic (exact) mass is 322 g/mol. The lowest BCUT2D eigenvalue weighted by Gasteiger charge is -2.09. The highest BCUT2D eigenvalue weighted by molar-refractivity contribution is 6.43. The highest BCUT2D eigenvalue weighted by atomic mass is 35.5. The minimum absolute atomic E-state index is 0.161. The first-order valence-corrected chi connectivity index (χ1v) is 7.32. The van der Waals surface area contributed by atoms with Crippen molar-refractivity contribution in [2.75, 3.05) is 11.9 Å². The highest BCUT2D eigenvalue weighted by Crippen LogP contribution is 2.29. The fraction of sp³-hybridized carbons (Fsp3) is 0.188. The van der Waals surface area contributed by atoms with E-state index in [0.29, 0.717) is 22.3 Å². The molecule has 0 fully saturated rings. The molecule has 0 aliphatic rings. The zero-order valence-electron chi connectivity index (χ0n) is 11.6. The summed E-state index contributed by atoms with van der Waals surface area (Å²) in [5.41, 5.74) is 2.87. The number of carbonyl (C=O) groups is 1. The molecule has 0 saturated carbocycles. The maximum atomic E-state index is 11.8. The molecule has 2 aromatic carbocycles. The molecule has 1 amide bonds. The fourth-order valence-electron chi connectivity index (χ4n) is 1.82. The summed E-state index contributed by atoms with van der Waals surface area (Å²) in [7, 11) is 0. The van der Waals surface area contributed by atoms with Crippen LogP contribution in [0.2, 0.25) is 10.0 Å². The van der Waals surface area contributed by atoms with Crippen molar-refractivity contribution in [1.29, 1.82) is 0 Å². The zero-order chi connectivity index (χ0) is 15.2. The molecule has 0 bridgehead atoms. The number of halogens is 2. The Labute approximate surface area is 134 Å². The lowest BCUT2D eigenvalue weighted by Crippen LogP contribution is -2.27. The molecule has 0 radical (unpaired) electrons. The van der Waals surface area contributed by atoms with Crippen molar-refractivity contribution in [2.24, 2.45) is 0 Å². The maximum absolute atomic E-state index is 11.8. The van der Waals surface area contributed by atoms with Crippen LogP contribution >= 0.6 is 23.2 Å². The number of nitrogens with one attached hydrogen (secondary N) is 2. The lowest BCUT2D eigenvalue weighted by atomic mass is 10.1. The number of amides is 1. The van der Waals surface area contributed by atoms with Crippen LogP contribution in [-0.4, -0.2) is 12.5 Å².